The second-order valence-corrected chi connectivity index (χ2v) is 5.43. The van der Waals surface area contributed by atoms with Crippen LogP contribution in [0.15, 0.2) is 18.2 Å². The van der Waals surface area contributed by atoms with Gasteiger partial charge < -0.3 is 20.9 Å². The van der Waals surface area contributed by atoms with Crippen molar-refractivity contribution in [2.45, 2.75) is 32.8 Å². The fourth-order valence-electron chi connectivity index (χ4n) is 1.47. The van der Waals surface area contributed by atoms with Crippen molar-refractivity contribution in [2.75, 3.05) is 5.32 Å². The van der Waals surface area contributed by atoms with Crippen molar-refractivity contribution in [2.24, 2.45) is 5.73 Å². The molecule has 0 heterocycles. The summed E-state index contributed by atoms with van der Waals surface area (Å²) >= 11 is 0. The molecule has 1 rings (SSSR count). The zero-order valence-corrected chi connectivity index (χ0v) is 12.1. The lowest BCUT2D eigenvalue weighted by atomic mass is 10.1. The van der Waals surface area contributed by atoms with Gasteiger partial charge in [0.2, 0.25) is 11.8 Å². The van der Waals surface area contributed by atoms with Gasteiger partial charge in [0.05, 0.1) is 0 Å². The fraction of sp³-hybridized carbons (Fsp3) is 0.357. The number of benzene rings is 1. The van der Waals surface area contributed by atoms with Crippen LogP contribution in [0.2, 0.25) is 0 Å². The highest BCUT2D eigenvalue weighted by molar-refractivity contribution is 6.03. The standard InChI is InChI=1S/C14H18N2O5/c1-14(2,3)21-13(20)9-6-8(4-5-10(9)17)16-12(19)7-11(15)18/h4-6,17H,7H2,1-3H3,(H2,15,18)(H,16,19). The number of phenolic OH excluding ortho intramolecular Hbond substituents is 1. The van der Waals surface area contributed by atoms with E-state index in [1.165, 1.54) is 18.2 Å². The number of rotatable bonds is 4. The van der Waals surface area contributed by atoms with Crippen molar-refractivity contribution >= 4 is 23.5 Å². The molecule has 0 saturated heterocycles. The lowest BCUT2D eigenvalue weighted by Gasteiger charge is -2.20. The Bertz CT molecular complexity index is 575. The van der Waals surface area contributed by atoms with E-state index in [1.807, 2.05) is 0 Å². The molecule has 0 atom stereocenters. The molecular weight excluding hydrogens is 276 g/mol. The van der Waals surface area contributed by atoms with E-state index < -0.39 is 29.8 Å². The number of esters is 1. The molecule has 0 aliphatic rings. The van der Waals surface area contributed by atoms with Crippen LogP contribution in [0.3, 0.4) is 0 Å². The van der Waals surface area contributed by atoms with Gasteiger partial charge in [-0.1, -0.05) is 0 Å². The average Bonchev–Trinajstić information content (AvgIpc) is 2.28. The Kier molecular flexibility index (Phi) is 4.91. The minimum Gasteiger partial charge on any atom is -0.507 e. The predicted octanol–water partition coefficient (Wildman–Crippen LogP) is 1.16. The van der Waals surface area contributed by atoms with Crippen molar-refractivity contribution < 1.29 is 24.2 Å². The molecular formula is C14H18N2O5. The molecule has 2 amide bonds. The maximum Gasteiger partial charge on any atom is 0.342 e. The number of primary amides is 1. The van der Waals surface area contributed by atoms with E-state index >= 15 is 0 Å². The topological polar surface area (TPSA) is 119 Å². The first-order valence-corrected chi connectivity index (χ1v) is 6.23. The molecule has 0 fully saturated rings. The molecule has 0 bridgehead atoms. The van der Waals surface area contributed by atoms with Crippen LogP contribution < -0.4 is 11.1 Å². The second kappa shape index (κ2) is 6.25. The summed E-state index contributed by atoms with van der Waals surface area (Å²) in [6, 6.07) is 3.91. The van der Waals surface area contributed by atoms with Gasteiger partial charge in [0.1, 0.15) is 23.3 Å². The van der Waals surface area contributed by atoms with Gasteiger partial charge in [-0.15, -0.1) is 0 Å². The van der Waals surface area contributed by atoms with Crippen molar-refractivity contribution in [3.05, 3.63) is 23.8 Å². The summed E-state index contributed by atoms with van der Waals surface area (Å²) in [4.78, 5) is 34.0. The number of hydrogen-bond acceptors (Lipinski definition) is 5. The molecule has 0 spiro atoms. The normalized spacial score (nSPS) is 10.8. The number of nitrogens with one attached hydrogen (secondary N) is 1. The number of nitrogens with two attached hydrogens (primary N) is 1. The minimum atomic E-state index is -0.765. The minimum absolute atomic E-state index is 0.0817. The van der Waals surface area contributed by atoms with E-state index in [1.54, 1.807) is 20.8 Å². The summed E-state index contributed by atoms with van der Waals surface area (Å²) in [7, 11) is 0. The summed E-state index contributed by atoms with van der Waals surface area (Å²) in [5.74, 6) is -2.36. The summed E-state index contributed by atoms with van der Waals surface area (Å²) in [6.07, 6.45) is -0.470. The third kappa shape index (κ3) is 5.52. The summed E-state index contributed by atoms with van der Waals surface area (Å²) in [5, 5.41) is 12.1. The van der Waals surface area contributed by atoms with Crippen molar-refractivity contribution in [3.8, 4) is 5.75 Å². The zero-order valence-electron chi connectivity index (χ0n) is 12.1. The van der Waals surface area contributed by atoms with Gasteiger partial charge in [-0.25, -0.2) is 4.79 Å². The number of carbonyl (C=O) groups is 3. The Labute approximate surface area is 122 Å². The van der Waals surface area contributed by atoms with E-state index in [0.717, 1.165) is 0 Å². The number of carbonyl (C=O) groups excluding carboxylic acids is 3. The van der Waals surface area contributed by atoms with E-state index in [0.29, 0.717) is 0 Å². The van der Waals surface area contributed by atoms with Crippen LogP contribution >= 0.6 is 0 Å². The molecule has 7 heteroatoms. The first-order chi connectivity index (χ1) is 9.58. The Morgan fingerprint density at radius 2 is 1.90 bits per heavy atom. The third-order valence-corrected chi connectivity index (χ3v) is 2.23. The number of phenols is 1. The highest BCUT2D eigenvalue weighted by atomic mass is 16.6. The number of anilines is 1. The molecule has 1 aromatic rings. The van der Waals surface area contributed by atoms with Crippen LogP contribution in [0.5, 0.6) is 5.75 Å². The first-order valence-electron chi connectivity index (χ1n) is 6.23. The lowest BCUT2D eigenvalue weighted by molar-refractivity contribution is -0.124. The van der Waals surface area contributed by atoms with Crippen LogP contribution in [-0.2, 0) is 14.3 Å². The molecule has 1 aromatic carbocycles. The molecule has 0 saturated carbocycles. The van der Waals surface area contributed by atoms with Gasteiger partial charge >= 0.3 is 5.97 Å². The van der Waals surface area contributed by atoms with Gasteiger partial charge in [-0.2, -0.15) is 0 Å². The van der Waals surface area contributed by atoms with Crippen LogP contribution in [0.1, 0.15) is 37.6 Å². The molecule has 0 aromatic heterocycles. The number of aromatic hydroxyl groups is 1. The second-order valence-electron chi connectivity index (χ2n) is 5.43. The molecule has 0 aliphatic heterocycles. The third-order valence-electron chi connectivity index (χ3n) is 2.23. The Balaban J connectivity index is 2.92. The number of hydrogen-bond donors (Lipinski definition) is 3. The summed E-state index contributed by atoms with van der Waals surface area (Å²) < 4.78 is 5.14. The highest BCUT2D eigenvalue weighted by Gasteiger charge is 2.21. The zero-order chi connectivity index (χ0) is 16.2. The quantitative estimate of drug-likeness (QED) is 0.437. The summed E-state index contributed by atoms with van der Waals surface area (Å²) in [6.45, 7) is 5.08. The first kappa shape index (κ1) is 16.5. The Morgan fingerprint density at radius 3 is 2.43 bits per heavy atom. The van der Waals surface area contributed by atoms with Gasteiger partial charge in [0, 0.05) is 5.69 Å². The largest absolute Gasteiger partial charge is 0.507 e. The molecule has 21 heavy (non-hydrogen) atoms. The van der Waals surface area contributed by atoms with E-state index in [-0.39, 0.29) is 17.0 Å². The Hall–Kier alpha value is -2.57. The van der Waals surface area contributed by atoms with Gasteiger partial charge in [-0.3, -0.25) is 9.59 Å². The maximum absolute atomic E-state index is 11.9. The monoisotopic (exact) mass is 294 g/mol. The molecule has 0 radical (unpaired) electrons. The smallest absolute Gasteiger partial charge is 0.342 e. The van der Waals surface area contributed by atoms with Gasteiger partial charge in [0.15, 0.2) is 0 Å². The molecule has 4 N–H and O–H groups in total. The van der Waals surface area contributed by atoms with E-state index in [2.05, 4.69) is 5.32 Å². The maximum atomic E-state index is 11.9. The van der Waals surface area contributed by atoms with E-state index in [4.69, 9.17) is 10.5 Å². The van der Waals surface area contributed by atoms with Crippen LogP contribution in [0.25, 0.3) is 0 Å². The average molecular weight is 294 g/mol. The summed E-state index contributed by atoms with van der Waals surface area (Å²) in [5.41, 5.74) is 4.36. The molecule has 114 valence electrons. The van der Waals surface area contributed by atoms with Crippen molar-refractivity contribution in [1.29, 1.82) is 0 Å². The SMILES string of the molecule is CC(C)(C)OC(=O)c1cc(NC(=O)CC(N)=O)ccc1O. The van der Waals surface area contributed by atoms with Gasteiger partial charge in [0.25, 0.3) is 0 Å². The molecule has 0 unspecified atom stereocenters. The molecule has 0 aliphatic carbocycles. The Morgan fingerprint density at radius 1 is 1.29 bits per heavy atom. The number of ether oxygens (including phenoxy) is 1. The van der Waals surface area contributed by atoms with Crippen molar-refractivity contribution in [1.82, 2.24) is 0 Å². The lowest BCUT2D eigenvalue weighted by Crippen LogP contribution is -2.24. The van der Waals surface area contributed by atoms with Crippen LogP contribution in [0.4, 0.5) is 5.69 Å². The van der Waals surface area contributed by atoms with Crippen molar-refractivity contribution in [3.63, 3.8) is 0 Å². The predicted molar refractivity (Wildman–Crippen MR) is 75.7 cm³/mol. The van der Waals surface area contributed by atoms with Crippen LogP contribution in [0, 0.1) is 0 Å². The molecule has 7 nitrogen and oxygen atoms in total. The van der Waals surface area contributed by atoms with Crippen LogP contribution in [-0.4, -0.2) is 28.5 Å². The van der Waals surface area contributed by atoms with Gasteiger partial charge in [-0.05, 0) is 39.0 Å². The highest BCUT2D eigenvalue weighted by Crippen LogP contribution is 2.24. The fourth-order valence-corrected chi connectivity index (χ4v) is 1.47. The van der Waals surface area contributed by atoms with E-state index in [9.17, 15) is 19.5 Å². The number of amides is 2.